The van der Waals surface area contributed by atoms with Crippen molar-refractivity contribution in [1.29, 1.82) is 0 Å². The maximum absolute atomic E-state index is 5.28. The average molecular weight is 268 g/mol. The van der Waals surface area contributed by atoms with Crippen LogP contribution in [0.15, 0.2) is 46.2 Å². The first kappa shape index (κ1) is 13.0. The van der Waals surface area contributed by atoms with Crippen LogP contribution in [0.25, 0.3) is 10.8 Å². The largest absolute Gasteiger partial charge is 0.119 e. The first-order chi connectivity index (χ1) is 8.83. The predicted octanol–water partition coefficient (Wildman–Crippen LogP) is 4.29. The van der Waals surface area contributed by atoms with Gasteiger partial charge < -0.3 is 0 Å². The summed E-state index contributed by atoms with van der Waals surface area (Å²) in [7, 11) is 0. The summed E-state index contributed by atoms with van der Waals surface area (Å²) in [5.41, 5.74) is 0. The summed E-state index contributed by atoms with van der Waals surface area (Å²) >= 11 is 3.37. The lowest BCUT2D eigenvalue weighted by Gasteiger charge is -2.04. The third-order valence-electron chi connectivity index (χ3n) is 2.43. The Kier molecular flexibility index (Phi) is 4.65. The zero-order chi connectivity index (χ0) is 12.8. The second-order valence-electron chi connectivity index (χ2n) is 3.66. The van der Waals surface area contributed by atoms with Gasteiger partial charge in [-0.15, -0.1) is 36.4 Å². The molecule has 0 aromatic heterocycles. The molecular formula is C16H12S2. The Balaban J connectivity index is 2.29. The molecule has 0 atom stereocenters. The van der Waals surface area contributed by atoms with Gasteiger partial charge in [0.2, 0.25) is 0 Å². The van der Waals surface area contributed by atoms with Gasteiger partial charge in [0.25, 0.3) is 0 Å². The van der Waals surface area contributed by atoms with Gasteiger partial charge in [0.05, 0.1) is 11.5 Å². The second-order valence-corrected chi connectivity index (χ2v) is 5.75. The van der Waals surface area contributed by atoms with Gasteiger partial charge in [-0.3, -0.25) is 0 Å². The van der Waals surface area contributed by atoms with Gasteiger partial charge in [-0.05, 0) is 35.0 Å². The summed E-state index contributed by atoms with van der Waals surface area (Å²) in [6, 6.07) is 12.8. The molecule has 0 heterocycles. The molecule has 2 aromatic rings. The van der Waals surface area contributed by atoms with E-state index in [0.29, 0.717) is 11.5 Å². The molecule has 0 bridgehead atoms. The van der Waals surface area contributed by atoms with Crippen molar-refractivity contribution in [2.45, 2.75) is 9.79 Å². The lowest BCUT2D eigenvalue weighted by atomic mass is 10.1. The van der Waals surface area contributed by atoms with Gasteiger partial charge in [-0.25, -0.2) is 0 Å². The molecule has 2 aromatic carbocycles. The normalized spacial score (nSPS) is 9.89. The van der Waals surface area contributed by atoms with Crippen LogP contribution in [0.5, 0.6) is 0 Å². The predicted molar refractivity (Wildman–Crippen MR) is 83.1 cm³/mol. The van der Waals surface area contributed by atoms with Crippen LogP contribution in [0, 0.1) is 24.7 Å². The molecule has 18 heavy (non-hydrogen) atoms. The molecule has 0 N–H and O–H groups in total. The number of rotatable bonds is 4. The van der Waals surface area contributed by atoms with Crippen molar-refractivity contribution in [3.05, 3.63) is 36.4 Å². The minimum absolute atomic E-state index is 0.705. The number of benzene rings is 2. The standard InChI is InChI=1S/C16H12S2/c1-3-9-17-15-7-5-13-6-8-16(18-10-4-2)12-14(13)11-15/h1-2,5-8,11-12H,9-10H2. The minimum Gasteiger partial charge on any atom is -0.119 e. The van der Waals surface area contributed by atoms with Gasteiger partial charge >= 0.3 is 0 Å². The quantitative estimate of drug-likeness (QED) is 0.599. The van der Waals surface area contributed by atoms with Crippen LogP contribution in [0.2, 0.25) is 0 Å². The maximum Gasteiger partial charge on any atom is 0.0592 e. The lowest BCUT2D eigenvalue weighted by molar-refractivity contribution is 1.46. The summed E-state index contributed by atoms with van der Waals surface area (Å²) in [6.07, 6.45) is 10.6. The Labute approximate surface area is 117 Å². The van der Waals surface area contributed by atoms with E-state index in [1.807, 2.05) is 0 Å². The molecule has 2 heteroatoms. The average Bonchev–Trinajstić information content (AvgIpc) is 2.42. The Morgan fingerprint density at radius 2 is 1.28 bits per heavy atom. The minimum atomic E-state index is 0.705. The number of terminal acetylenes is 2. The van der Waals surface area contributed by atoms with Crippen LogP contribution in [0.1, 0.15) is 0 Å². The molecule has 0 saturated carbocycles. The Hall–Kier alpha value is -1.48. The van der Waals surface area contributed by atoms with Gasteiger partial charge in [0.15, 0.2) is 0 Å². The van der Waals surface area contributed by atoms with Gasteiger partial charge in [0, 0.05) is 9.79 Å². The SMILES string of the molecule is C#CCSc1ccc2ccc(SCC#C)cc2c1. The van der Waals surface area contributed by atoms with Crippen molar-refractivity contribution in [3.63, 3.8) is 0 Å². The van der Waals surface area contributed by atoms with E-state index in [1.165, 1.54) is 20.6 Å². The first-order valence-electron chi connectivity index (χ1n) is 5.50. The third kappa shape index (κ3) is 3.26. The van der Waals surface area contributed by atoms with Crippen molar-refractivity contribution in [3.8, 4) is 24.7 Å². The Morgan fingerprint density at radius 1 is 0.778 bits per heavy atom. The van der Waals surface area contributed by atoms with Gasteiger partial charge in [0.1, 0.15) is 0 Å². The van der Waals surface area contributed by atoms with E-state index in [1.54, 1.807) is 23.5 Å². The molecule has 0 saturated heterocycles. The Morgan fingerprint density at radius 3 is 1.72 bits per heavy atom. The fraction of sp³-hybridized carbons (Fsp3) is 0.125. The van der Waals surface area contributed by atoms with Crippen LogP contribution in [0.3, 0.4) is 0 Å². The lowest BCUT2D eigenvalue weighted by Crippen LogP contribution is -1.79. The van der Waals surface area contributed by atoms with Crippen LogP contribution in [-0.4, -0.2) is 11.5 Å². The highest BCUT2D eigenvalue weighted by atomic mass is 32.2. The van der Waals surface area contributed by atoms with E-state index in [-0.39, 0.29) is 0 Å². The van der Waals surface area contributed by atoms with E-state index in [2.05, 4.69) is 48.2 Å². The molecule has 2 rings (SSSR count). The molecule has 0 spiro atoms. The fourth-order valence-corrected chi connectivity index (χ4v) is 2.88. The van der Waals surface area contributed by atoms with E-state index in [0.717, 1.165) is 0 Å². The summed E-state index contributed by atoms with van der Waals surface area (Å²) < 4.78 is 0. The summed E-state index contributed by atoms with van der Waals surface area (Å²) in [5.74, 6) is 6.69. The van der Waals surface area contributed by atoms with Gasteiger partial charge in [-0.1, -0.05) is 24.0 Å². The monoisotopic (exact) mass is 268 g/mol. The number of fused-ring (bicyclic) bond motifs is 1. The Bertz CT molecular complexity index is 577. The summed E-state index contributed by atoms with van der Waals surface area (Å²) in [5, 5.41) is 2.48. The highest BCUT2D eigenvalue weighted by Crippen LogP contribution is 2.27. The van der Waals surface area contributed by atoms with E-state index >= 15 is 0 Å². The number of hydrogen-bond donors (Lipinski definition) is 0. The third-order valence-corrected chi connectivity index (χ3v) is 4.22. The zero-order valence-electron chi connectivity index (χ0n) is 9.85. The molecule has 0 aliphatic carbocycles. The first-order valence-corrected chi connectivity index (χ1v) is 7.47. The molecule has 88 valence electrons. The molecule has 0 radical (unpaired) electrons. The van der Waals surface area contributed by atoms with Crippen molar-refractivity contribution >= 4 is 34.3 Å². The highest BCUT2D eigenvalue weighted by molar-refractivity contribution is 7.99. The van der Waals surface area contributed by atoms with E-state index in [9.17, 15) is 0 Å². The summed E-state index contributed by atoms with van der Waals surface area (Å²) in [6.45, 7) is 0. The molecule has 0 aliphatic rings. The van der Waals surface area contributed by atoms with Crippen molar-refractivity contribution in [1.82, 2.24) is 0 Å². The highest BCUT2D eigenvalue weighted by Gasteiger charge is 1.99. The van der Waals surface area contributed by atoms with Crippen LogP contribution >= 0.6 is 23.5 Å². The summed E-state index contributed by atoms with van der Waals surface area (Å²) in [4.78, 5) is 2.42. The van der Waals surface area contributed by atoms with Crippen LogP contribution < -0.4 is 0 Å². The number of hydrogen-bond acceptors (Lipinski definition) is 2. The van der Waals surface area contributed by atoms with E-state index < -0.39 is 0 Å². The van der Waals surface area contributed by atoms with Crippen molar-refractivity contribution in [2.24, 2.45) is 0 Å². The molecular weight excluding hydrogens is 256 g/mol. The fourth-order valence-electron chi connectivity index (χ4n) is 1.63. The van der Waals surface area contributed by atoms with Crippen molar-refractivity contribution < 1.29 is 0 Å². The van der Waals surface area contributed by atoms with Crippen LogP contribution in [-0.2, 0) is 0 Å². The van der Waals surface area contributed by atoms with Crippen LogP contribution in [0.4, 0.5) is 0 Å². The molecule has 0 nitrogen and oxygen atoms in total. The van der Waals surface area contributed by atoms with Crippen molar-refractivity contribution in [2.75, 3.05) is 11.5 Å². The molecule has 0 aliphatic heterocycles. The molecule has 0 fully saturated rings. The zero-order valence-corrected chi connectivity index (χ0v) is 11.5. The second kappa shape index (κ2) is 6.45. The topological polar surface area (TPSA) is 0 Å². The van der Waals surface area contributed by atoms with E-state index in [4.69, 9.17) is 12.8 Å². The molecule has 0 amide bonds. The molecule has 0 unspecified atom stereocenters. The number of thioether (sulfide) groups is 2. The maximum atomic E-state index is 5.28. The van der Waals surface area contributed by atoms with Gasteiger partial charge in [-0.2, -0.15) is 0 Å². The smallest absolute Gasteiger partial charge is 0.0592 e.